The molecule has 1 heterocycles. The van der Waals surface area contributed by atoms with Gasteiger partial charge in [0.15, 0.2) is 0 Å². The van der Waals surface area contributed by atoms with E-state index in [0.717, 1.165) is 5.56 Å². The van der Waals surface area contributed by atoms with Gasteiger partial charge in [0.25, 0.3) is 0 Å². The van der Waals surface area contributed by atoms with Crippen LogP contribution in [0, 0.1) is 5.82 Å². The predicted molar refractivity (Wildman–Crippen MR) is 64.6 cm³/mol. The van der Waals surface area contributed by atoms with E-state index in [9.17, 15) is 9.18 Å². The van der Waals surface area contributed by atoms with Crippen molar-refractivity contribution in [3.63, 3.8) is 0 Å². The van der Waals surface area contributed by atoms with Crippen molar-refractivity contribution in [2.45, 2.75) is 6.92 Å². The van der Waals surface area contributed by atoms with E-state index < -0.39 is 6.09 Å². The molecule has 1 amide bonds. The summed E-state index contributed by atoms with van der Waals surface area (Å²) in [6.07, 6.45) is 0.979. The molecule has 2 N–H and O–H groups in total. The van der Waals surface area contributed by atoms with E-state index in [-0.39, 0.29) is 18.4 Å². The summed E-state index contributed by atoms with van der Waals surface area (Å²) in [6.45, 7) is 2.00. The lowest BCUT2D eigenvalue weighted by Crippen LogP contribution is -2.14. The van der Waals surface area contributed by atoms with E-state index in [0.29, 0.717) is 5.69 Å². The Balaban J connectivity index is 2.10. The number of anilines is 1. The molecule has 0 atom stereocenters. The lowest BCUT2D eigenvalue weighted by atomic mass is 10.2. The van der Waals surface area contributed by atoms with Crippen LogP contribution in [0.15, 0.2) is 30.5 Å². The molecule has 0 aliphatic rings. The SMILES string of the molecule is CCOC(=O)Nc1ncc(-c2ccc(F)cc2)[nH]1. The van der Waals surface area contributed by atoms with E-state index in [1.807, 2.05) is 0 Å². The molecule has 2 rings (SSSR count). The average Bonchev–Trinajstić information content (AvgIpc) is 2.78. The Morgan fingerprint density at radius 2 is 2.17 bits per heavy atom. The predicted octanol–water partition coefficient (Wildman–Crippen LogP) is 2.78. The number of benzene rings is 1. The third-order valence-corrected chi connectivity index (χ3v) is 2.23. The van der Waals surface area contributed by atoms with Crippen molar-refractivity contribution in [3.8, 4) is 11.3 Å². The van der Waals surface area contributed by atoms with Crippen LogP contribution in [0.25, 0.3) is 11.3 Å². The number of carbonyl (C=O) groups excluding carboxylic acids is 1. The number of rotatable bonds is 3. The van der Waals surface area contributed by atoms with Crippen LogP contribution >= 0.6 is 0 Å². The van der Waals surface area contributed by atoms with Gasteiger partial charge in [-0.1, -0.05) is 0 Å². The Morgan fingerprint density at radius 3 is 2.83 bits per heavy atom. The number of nitrogens with zero attached hydrogens (tertiary/aromatic N) is 1. The number of nitrogens with one attached hydrogen (secondary N) is 2. The van der Waals surface area contributed by atoms with Gasteiger partial charge in [0, 0.05) is 0 Å². The maximum Gasteiger partial charge on any atom is 0.413 e. The van der Waals surface area contributed by atoms with Crippen LogP contribution in [0.5, 0.6) is 0 Å². The highest BCUT2D eigenvalue weighted by Gasteiger charge is 2.07. The first-order chi connectivity index (χ1) is 8.69. The molecule has 5 nitrogen and oxygen atoms in total. The molecule has 0 saturated carbocycles. The van der Waals surface area contributed by atoms with Gasteiger partial charge >= 0.3 is 6.09 Å². The largest absolute Gasteiger partial charge is 0.450 e. The highest BCUT2D eigenvalue weighted by molar-refractivity contribution is 5.82. The number of aromatic amines is 1. The van der Waals surface area contributed by atoms with Gasteiger partial charge in [0.2, 0.25) is 5.95 Å². The molecule has 2 aromatic rings. The first kappa shape index (κ1) is 12.1. The van der Waals surface area contributed by atoms with Gasteiger partial charge in [-0.15, -0.1) is 0 Å². The quantitative estimate of drug-likeness (QED) is 0.878. The second kappa shape index (κ2) is 5.31. The first-order valence-electron chi connectivity index (χ1n) is 5.43. The van der Waals surface area contributed by atoms with Gasteiger partial charge in [0.1, 0.15) is 5.82 Å². The van der Waals surface area contributed by atoms with Crippen LogP contribution in [0.4, 0.5) is 15.1 Å². The molecule has 0 aliphatic heterocycles. The Labute approximate surface area is 103 Å². The van der Waals surface area contributed by atoms with E-state index >= 15 is 0 Å². The maximum atomic E-state index is 12.8. The van der Waals surface area contributed by atoms with Gasteiger partial charge in [-0.2, -0.15) is 0 Å². The highest BCUT2D eigenvalue weighted by Crippen LogP contribution is 2.18. The topological polar surface area (TPSA) is 67.0 Å². The van der Waals surface area contributed by atoms with Crippen LogP contribution in [0.2, 0.25) is 0 Å². The molecule has 0 fully saturated rings. The van der Waals surface area contributed by atoms with Crippen molar-refractivity contribution in [1.29, 1.82) is 0 Å². The van der Waals surface area contributed by atoms with E-state index in [1.165, 1.54) is 12.1 Å². The normalized spacial score (nSPS) is 10.1. The van der Waals surface area contributed by atoms with Crippen molar-refractivity contribution in [2.75, 3.05) is 11.9 Å². The molecule has 1 aromatic carbocycles. The number of hydrogen-bond donors (Lipinski definition) is 2. The summed E-state index contributed by atoms with van der Waals surface area (Å²) in [4.78, 5) is 18.0. The van der Waals surface area contributed by atoms with Crippen molar-refractivity contribution < 1.29 is 13.9 Å². The van der Waals surface area contributed by atoms with Crippen molar-refractivity contribution in [2.24, 2.45) is 0 Å². The summed E-state index contributed by atoms with van der Waals surface area (Å²) in [7, 11) is 0. The monoisotopic (exact) mass is 249 g/mol. The molecule has 6 heteroatoms. The van der Waals surface area contributed by atoms with Crippen LogP contribution in [-0.2, 0) is 4.74 Å². The van der Waals surface area contributed by atoms with E-state index in [4.69, 9.17) is 4.74 Å². The minimum atomic E-state index is -0.572. The summed E-state index contributed by atoms with van der Waals surface area (Å²) in [6, 6.07) is 5.96. The summed E-state index contributed by atoms with van der Waals surface area (Å²) >= 11 is 0. The first-order valence-corrected chi connectivity index (χ1v) is 5.43. The summed E-state index contributed by atoms with van der Waals surface area (Å²) in [5.41, 5.74) is 1.46. The molecule has 0 spiro atoms. The third kappa shape index (κ3) is 2.85. The second-order valence-electron chi connectivity index (χ2n) is 3.50. The molecule has 1 aromatic heterocycles. The molecule has 0 bridgehead atoms. The van der Waals surface area contributed by atoms with E-state index in [1.54, 1.807) is 25.3 Å². The second-order valence-corrected chi connectivity index (χ2v) is 3.50. The molecule has 18 heavy (non-hydrogen) atoms. The summed E-state index contributed by atoms with van der Waals surface area (Å²) < 4.78 is 17.5. The van der Waals surface area contributed by atoms with Gasteiger partial charge < -0.3 is 9.72 Å². The maximum absolute atomic E-state index is 12.8. The zero-order valence-electron chi connectivity index (χ0n) is 9.74. The lowest BCUT2D eigenvalue weighted by Gasteiger charge is -2.01. The highest BCUT2D eigenvalue weighted by atomic mass is 19.1. The van der Waals surface area contributed by atoms with Crippen LogP contribution < -0.4 is 5.32 Å². The van der Waals surface area contributed by atoms with Crippen molar-refractivity contribution >= 4 is 12.0 Å². The standard InChI is InChI=1S/C12H12FN3O2/c1-2-18-12(17)16-11-14-7-10(15-11)8-3-5-9(13)6-4-8/h3-7H,2H2,1H3,(H2,14,15,16,17). The number of aromatic nitrogens is 2. The smallest absolute Gasteiger partial charge is 0.413 e. The molecule has 0 unspecified atom stereocenters. The fraction of sp³-hybridized carbons (Fsp3) is 0.167. The fourth-order valence-corrected chi connectivity index (χ4v) is 1.42. The van der Waals surface area contributed by atoms with Gasteiger partial charge in [-0.3, -0.25) is 5.32 Å². The Morgan fingerprint density at radius 1 is 1.44 bits per heavy atom. The molecular formula is C12H12FN3O2. The number of carbonyl (C=O) groups is 1. The lowest BCUT2D eigenvalue weighted by molar-refractivity contribution is 0.167. The number of ether oxygens (including phenoxy) is 1. The summed E-state index contributed by atoms with van der Waals surface area (Å²) in [5.74, 6) is -0.0177. The van der Waals surface area contributed by atoms with E-state index in [2.05, 4.69) is 15.3 Å². The summed E-state index contributed by atoms with van der Waals surface area (Å²) in [5, 5.41) is 2.44. The van der Waals surface area contributed by atoms with Crippen molar-refractivity contribution in [3.05, 3.63) is 36.3 Å². The number of halogens is 1. The Kier molecular flexibility index (Phi) is 3.57. The Bertz CT molecular complexity index is 537. The average molecular weight is 249 g/mol. The number of amides is 1. The molecule has 0 radical (unpaired) electrons. The van der Waals surface area contributed by atoms with Crippen LogP contribution in [0.3, 0.4) is 0 Å². The van der Waals surface area contributed by atoms with Crippen molar-refractivity contribution in [1.82, 2.24) is 9.97 Å². The molecule has 0 aliphatic carbocycles. The van der Waals surface area contributed by atoms with Gasteiger partial charge in [0.05, 0.1) is 18.5 Å². The molecule has 94 valence electrons. The minimum absolute atomic E-state index is 0.285. The number of imidazole rings is 1. The van der Waals surface area contributed by atoms with Gasteiger partial charge in [-0.05, 0) is 36.8 Å². The zero-order chi connectivity index (χ0) is 13.0. The minimum Gasteiger partial charge on any atom is -0.450 e. The van der Waals surface area contributed by atoms with Crippen LogP contribution in [0.1, 0.15) is 6.92 Å². The number of hydrogen-bond acceptors (Lipinski definition) is 3. The molecular weight excluding hydrogens is 237 g/mol. The van der Waals surface area contributed by atoms with Gasteiger partial charge in [-0.25, -0.2) is 14.2 Å². The molecule has 0 saturated heterocycles. The zero-order valence-corrected chi connectivity index (χ0v) is 9.74. The van der Waals surface area contributed by atoms with Crippen LogP contribution in [-0.4, -0.2) is 22.7 Å². The third-order valence-electron chi connectivity index (χ3n) is 2.23. The number of H-pyrrole nitrogens is 1. The fourth-order valence-electron chi connectivity index (χ4n) is 1.42. The Hall–Kier alpha value is -2.37.